The van der Waals surface area contributed by atoms with E-state index in [4.69, 9.17) is 0 Å². The van der Waals surface area contributed by atoms with Crippen LogP contribution in [-0.2, 0) is 28.6 Å². The number of hydrogen-bond acceptors (Lipinski definition) is 4. The quantitative estimate of drug-likeness (QED) is 0.499. The van der Waals surface area contributed by atoms with Gasteiger partial charge in [0, 0.05) is 47.0 Å². The van der Waals surface area contributed by atoms with E-state index >= 15 is 0 Å². The highest BCUT2D eigenvalue weighted by molar-refractivity contribution is 7.85. The molecule has 32 heavy (non-hydrogen) atoms. The number of Topliss-reactive ketones (excluding diaryl/α,β-unsaturated/α-hetero) is 1. The Morgan fingerprint density at radius 1 is 1.19 bits per heavy atom. The van der Waals surface area contributed by atoms with E-state index in [9.17, 15) is 9.00 Å². The number of ketones is 1. The van der Waals surface area contributed by atoms with Crippen LogP contribution in [0.2, 0.25) is 0 Å². The van der Waals surface area contributed by atoms with Gasteiger partial charge in [0.2, 0.25) is 0 Å². The van der Waals surface area contributed by atoms with Gasteiger partial charge in [-0.05, 0) is 61.1 Å². The fourth-order valence-electron chi connectivity index (χ4n) is 4.49. The topological polar surface area (TPSA) is 50.3 Å². The van der Waals surface area contributed by atoms with Crippen LogP contribution in [0.15, 0.2) is 53.6 Å². The highest BCUT2D eigenvalue weighted by atomic mass is 32.2. The summed E-state index contributed by atoms with van der Waals surface area (Å²) < 4.78 is 12.5. The molecule has 0 spiro atoms. The van der Waals surface area contributed by atoms with E-state index in [-0.39, 0.29) is 17.3 Å². The SMILES string of the molecule is CC(C)CS(=O)c1cccc(CN2CCC(C(=O)C(C)(C)C(C)Cc3ccccn3)C2)c1. The van der Waals surface area contributed by atoms with Crippen molar-refractivity contribution in [1.82, 2.24) is 9.88 Å². The van der Waals surface area contributed by atoms with Gasteiger partial charge in [-0.25, -0.2) is 0 Å². The second-order valence-electron chi connectivity index (χ2n) is 10.3. The smallest absolute Gasteiger partial charge is 0.143 e. The van der Waals surface area contributed by atoms with Crippen LogP contribution in [0.5, 0.6) is 0 Å². The van der Waals surface area contributed by atoms with Crippen molar-refractivity contribution in [3.05, 3.63) is 59.9 Å². The van der Waals surface area contributed by atoms with Gasteiger partial charge in [0.15, 0.2) is 0 Å². The predicted octanol–water partition coefficient (Wildman–Crippen LogP) is 5.14. The molecule has 1 fully saturated rings. The third-order valence-corrected chi connectivity index (χ3v) is 8.55. The molecule has 1 saturated heterocycles. The maximum Gasteiger partial charge on any atom is 0.143 e. The van der Waals surface area contributed by atoms with Crippen LogP contribution in [0.25, 0.3) is 0 Å². The molecule has 4 nitrogen and oxygen atoms in total. The third kappa shape index (κ3) is 6.35. The number of carbonyl (C=O) groups is 1. The summed E-state index contributed by atoms with van der Waals surface area (Å²) in [4.78, 5) is 21.2. The molecule has 1 aromatic heterocycles. The minimum Gasteiger partial charge on any atom is -0.299 e. The molecule has 0 N–H and O–H groups in total. The average Bonchev–Trinajstić information content (AvgIpc) is 3.21. The Morgan fingerprint density at radius 2 is 1.97 bits per heavy atom. The number of aromatic nitrogens is 1. The van der Waals surface area contributed by atoms with Gasteiger partial charge in [-0.2, -0.15) is 0 Å². The second-order valence-corrected chi connectivity index (χ2v) is 11.8. The first-order valence-corrected chi connectivity index (χ1v) is 13.1. The molecule has 0 radical (unpaired) electrons. The van der Waals surface area contributed by atoms with E-state index in [0.717, 1.165) is 43.1 Å². The molecular formula is C27H38N2O2S. The van der Waals surface area contributed by atoms with Crippen molar-refractivity contribution in [2.75, 3.05) is 18.8 Å². The largest absolute Gasteiger partial charge is 0.299 e. The van der Waals surface area contributed by atoms with E-state index in [1.54, 1.807) is 0 Å². The third-order valence-electron chi connectivity index (χ3n) is 6.80. The second kappa shape index (κ2) is 10.8. The average molecular weight is 455 g/mol. The van der Waals surface area contributed by atoms with Crippen molar-refractivity contribution in [3.63, 3.8) is 0 Å². The van der Waals surface area contributed by atoms with Crippen molar-refractivity contribution in [2.24, 2.45) is 23.2 Å². The highest BCUT2D eigenvalue weighted by Crippen LogP contribution is 2.35. The zero-order valence-electron chi connectivity index (χ0n) is 20.2. The van der Waals surface area contributed by atoms with Crippen molar-refractivity contribution < 1.29 is 9.00 Å². The van der Waals surface area contributed by atoms with Crippen molar-refractivity contribution >= 4 is 16.6 Å². The number of pyridine rings is 1. The van der Waals surface area contributed by atoms with Crippen LogP contribution in [0, 0.1) is 23.2 Å². The summed E-state index contributed by atoms with van der Waals surface area (Å²) in [5, 5.41) is 0. The lowest BCUT2D eigenvalue weighted by atomic mass is 9.70. The lowest BCUT2D eigenvalue weighted by molar-refractivity contribution is -0.133. The normalized spacial score (nSPS) is 19.2. The summed E-state index contributed by atoms with van der Waals surface area (Å²) in [6, 6.07) is 14.1. The first-order chi connectivity index (χ1) is 15.2. The van der Waals surface area contributed by atoms with Crippen molar-refractivity contribution in [2.45, 2.75) is 58.9 Å². The minimum atomic E-state index is -0.953. The van der Waals surface area contributed by atoms with Crippen LogP contribution in [0.3, 0.4) is 0 Å². The van der Waals surface area contributed by atoms with Gasteiger partial charge >= 0.3 is 0 Å². The minimum absolute atomic E-state index is 0.0782. The van der Waals surface area contributed by atoms with Gasteiger partial charge in [-0.1, -0.05) is 52.8 Å². The Bertz CT molecular complexity index is 926. The van der Waals surface area contributed by atoms with Crippen LogP contribution < -0.4 is 0 Å². The van der Waals surface area contributed by atoms with Gasteiger partial charge in [0.25, 0.3) is 0 Å². The molecule has 3 atom stereocenters. The van der Waals surface area contributed by atoms with Crippen LogP contribution >= 0.6 is 0 Å². The molecule has 3 rings (SSSR count). The first-order valence-electron chi connectivity index (χ1n) is 11.8. The number of hydrogen-bond donors (Lipinski definition) is 0. The maximum absolute atomic E-state index is 13.5. The first kappa shape index (κ1) is 24.8. The number of rotatable bonds is 10. The summed E-state index contributed by atoms with van der Waals surface area (Å²) in [6.45, 7) is 13.1. The Morgan fingerprint density at radius 3 is 2.66 bits per heavy atom. The summed E-state index contributed by atoms with van der Waals surface area (Å²) in [7, 11) is -0.953. The molecule has 174 valence electrons. The lowest BCUT2D eigenvalue weighted by Gasteiger charge is -2.32. The molecule has 0 bridgehead atoms. The standard InChI is InChI=1S/C27H38N2O2S/c1-20(2)19-32(31)25-11-8-9-22(16-25)17-29-14-12-23(18-29)26(30)27(4,5)21(3)15-24-10-6-7-13-28-24/h6-11,13,16,20-21,23H,12,14-15,17-19H2,1-5H3. The molecule has 5 heteroatoms. The molecule has 1 aromatic carbocycles. The van der Waals surface area contributed by atoms with E-state index < -0.39 is 10.8 Å². The molecule has 0 saturated carbocycles. The predicted molar refractivity (Wildman–Crippen MR) is 132 cm³/mol. The van der Waals surface area contributed by atoms with E-state index in [1.165, 1.54) is 5.56 Å². The van der Waals surface area contributed by atoms with Gasteiger partial charge in [-0.15, -0.1) is 0 Å². The lowest BCUT2D eigenvalue weighted by Crippen LogP contribution is -2.38. The number of nitrogens with zero attached hydrogens (tertiary/aromatic N) is 2. The molecular weight excluding hydrogens is 416 g/mol. The molecule has 1 aliphatic heterocycles. The number of likely N-dealkylation sites (tertiary alicyclic amines) is 1. The van der Waals surface area contributed by atoms with Gasteiger partial charge in [0.05, 0.1) is 10.8 Å². The molecule has 2 heterocycles. The van der Waals surface area contributed by atoms with Crippen LogP contribution in [0.4, 0.5) is 0 Å². The Labute approximate surface area is 196 Å². The maximum atomic E-state index is 13.5. The summed E-state index contributed by atoms with van der Waals surface area (Å²) in [5.74, 6) is 1.78. The van der Waals surface area contributed by atoms with Gasteiger partial charge in [0.1, 0.15) is 5.78 Å². The van der Waals surface area contributed by atoms with E-state index in [2.05, 4.69) is 56.6 Å². The van der Waals surface area contributed by atoms with E-state index in [1.807, 2.05) is 36.5 Å². The zero-order chi connectivity index (χ0) is 23.3. The fraction of sp³-hybridized carbons (Fsp3) is 0.556. The Hall–Kier alpha value is -1.85. The van der Waals surface area contributed by atoms with Crippen molar-refractivity contribution in [1.29, 1.82) is 0 Å². The number of carbonyl (C=O) groups excluding carboxylic acids is 1. The highest BCUT2D eigenvalue weighted by Gasteiger charge is 2.40. The summed E-state index contributed by atoms with van der Waals surface area (Å²) in [6.07, 6.45) is 3.55. The van der Waals surface area contributed by atoms with Crippen LogP contribution in [-0.4, -0.2) is 38.7 Å². The van der Waals surface area contributed by atoms with E-state index in [0.29, 0.717) is 17.5 Å². The van der Waals surface area contributed by atoms with Gasteiger partial charge < -0.3 is 0 Å². The molecule has 0 amide bonds. The van der Waals surface area contributed by atoms with Crippen molar-refractivity contribution in [3.8, 4) is 0 Å². The molecule has 3 unspecified atom stereocenters. The zero-order valence-corrected chi connectivity index (χ0v) is 21.0. The molecule has 1 aliphatic rings. The molecule has 2 aromatic rings. The fourth-order valence-corrected chi connectivity index (χ4v) is 5.80. The Balaban J connectivity index is 1.59. The summed E-state index contributed by atoms with van der Waals surface area (Å²) >= 11 is 0. The van der Waals surface area contributed by atoms with Crippen LogP contribution in [0.1, 0.15) is 52.3 Å². The monoisotopic (exact) mass is 454 g/mol. The Kier molecular flexibility index (Phi) is 8.40. The van der Waals surface area contributed by atoms with Gasteiger partial charge in [-0.3, -0.25) is 18.9 Å². The molecule has 0 aliphatic carbocycles. The summed E-state index contributed by atoms with van der Waals surface area (Å²) in [5.41, 5.74) is 1.84. The number of benzene rings is 1.